The highest BCUT2D eigenvalue weighted by molar-refractivity contribution is 6.31. The van der Waals surface area contributed by atoms with Crippen LogP contribution in [-0.2, 0) is 19.2 Å². The predicted molar refractivity (Wildman–Crippen MR) is 79.9 cm³/mol. The van der Waals surface area contributed by atoms with Crippen molar-refractivity contribution in [1.29, 1.82) is 0 Å². The van der Waals surface area contributed by atoms with Crippen LogP contribution in [0.5, 0.6) is 0 Å². The molecule has 0 N–H and O–H groups in total. The summed E-state index contributed by atoms with van der Waals surface area (Å²) in [6.45, 7) is 0. The van der Waals surface area contributed by atoms with Crippen molar-refractivity contribution in [3.8, 4) is 0 Å². The Bertz CT molecular complexity index is 823. The van der Waals surface area contributed by atoms with Gasteiger partial charge >= 0.3 is 5.91 Å². The molecule has 0 spiro atoms. The lowest BCUT2D eigenvalue weighted by Crippen LogP contribution is -2.35. The zero-order chi connectivity index (χ0) is 17.4. The smallest absolute Gasteiger partial charge is 0.274 e. The molecule has 1 aromatic carbocycles. The summed E-state index contributed by atoms with van der Waals surface area (Å²) >= 11 is 0. The molecule has 9 nitrogen and oxygen atoms in total. The van der Waals surface area contributed by atoms with Gasteiger partial charge in [0.15, 0.2) is 0 Å². The van der Waals surface area contributed by atoms with Crippen LogP contribution in [0.3, 0.4) is 0 Å². The molecule has 2 aliphatic rings. The molecule has 1 fully saturated rings. The van der Waals surface area contributed by atoms with Crippen LogP contribution in [0, 0.1) is 4.91 Å². The number of hydrogen-bond donors (Lipinski definition) is 0. The van der Waals surface area contributed by atoms with E-state index in [1.165, 1.54) is 12.1 Å². The number of rotatable bonds is 3. The Labute approximate surface area is 134 Å². The summed E-state index contributed by atoms with van der Waals surface area (Å²) in [6.07, 6.45) is 2.06. The fourth-order valence-electron chi connectivity index (χ4n) is 2.56. The Morgan fingerprint density at radius 3 is 2.00 bits per heavy atom. The lowest BCUT2D eigenvalue weighted by atomic mass is 10.1. The monoisotopic (exact) mass is 327 g/mol. The zero-order valence-corrected chi connectivity index (χ0v) is 12.1. The van der Waals surface area contributed by atoms with Crippen LogP contribution in [0.15, 0.2) is 35.5 Å². The highest BCUT2D eigenvalue weighted by Gasteiger charge is 2.36. The second kappa shape index (κ2) is 5.61. The molecule has 0 bridgehead atoms. The van der Waals surface area contributed by atoms with E-state index in [9.17, 15) is 28.9 Å². The van der Waals surface area contributed by atoms with Crippen molar-refractivity contribution in [2.75, 3.05) is 9.80 Å². The van der Waals surface area contributed by atoms with Crippen LogP contribution in [0.2, 0.25) is 0 Å². The van der Waals surface area contributed by atoms with Gasteiger partial charge in [0.25, 0.3) is 11.8 Å². The van der Waals surface area contributed by atoms with Gasteiger partial charge in [0, 0.05) is 35.7 Å². The quantitative estimate of drug-likeness (QED) is 0.594. The van der Waals surface area contributed by atoms with Gasteiger partial charge in [-0.05, 0) is 18.2 Å². The van der Waals surface area contributed by atoms with Gasteiger partial charge in [0.05, 0.1) is 11.4 Å². The minimum atomic E-state index is -1.10. The van der Waals surface area contributed by atoms with E-state index in [2.05, 4.69) is 5.18 Å². The molecule has 3 rings (SSSR count). The van der Waals surface area contributed by atoms with E-state index in [0.29, 0.717) is 0 Å². The summed E-state index contributed by atoms with van der Waals surface area (Å²) < 4.78 is 0. The number of hydrogen-bond acceptors (Lipinski definition) is 6. The summed E-state index contributed by atoms with van der Waals surface area (Å²) in [6, 6.07) is 3.51. The van der Waals surface area contributed by atoms with Crippen LogP contribution in [-0.4, -0.2) is 29.5 Å². The van der Waals surface area contributed by atoms with E-state index in [0.717, 1.165) is 28.0 Å². The van der Waals surface area contributed by atoms with Crippen LogP contribution < -0.4 is 9.80 Å². The van der Waals surface area contributed by atoms with Crippen molar-refractivity contribution in [3.63, 3.8) is 0 Å². The first kappa shape index (κ1) is 15.4. The van der Waals surface area contributed by atoms with E-state index in [1.807, 2.05) is 0 Å². The van der Waals surface area contributed by atoms with Crippen LogP contribution in [0.25, 0.3) is 0 Å². The van der Waals surface area contributed by atoms with Crippen molar-refractivity contribution >= 4 is 40.9 Å². The van der Waals surface area contributed by atoms with Crippen molar-refractivity contribution in [3.05, 3.63) is 40.8 Å². The van der Waals surface area contributed by atoms with Gasteiger partial charge in [0.1, 0.15) is 0 Å². The predicted octanol–water partition coefficient (Wildman–Crippen LogP) is 0.676. The van der Waals surface area contributed by atoms with Gasteiger partial charge in [-0.15, -0.1) is 4.91 Å². The zero-order valence-electron chi connectivity index (χ0n) is 12.1. The Morgan fingerprint density at radius 1 is 0.875 bits per heavy atom. The van der Waals surface area contributed by atoms with E-state index in [4.69, 9.17) is 0 Å². The number of nitrogens with zero attached hydrogens (tertiary/aromatic N) is 3. The molecule has 9 heteroatoms. The minimum absolute atomic E-state index is 0.00431. The third-order valence-corrected chi connectivity index (χ3v) is 3.65. The fraction of sp³-hybridized carbons (Fsp3) is 0.133. The molecule has 0 atom stereocenters. The lowest BCUT2D eigenvalue weighted by molar-refractivity contribution is -0.122. The molecule has 0 unspecified atom stereocenters. The number of nitroso groups, excluding NO2 is 1. The van der Waals surface area contributed by atoms with Crippen molar-refractivity contribution in [2.45, 2.75) is 12.8 Å². The molecule has 0 radical (unpaired) electrons. The molecule has 1 aromatic rings. The van der Waals surface area contributed by atoms with Gasteiger partial charge in [-0.3, -0.25) is 24.0 Å². The van der Waals surface area contributed by atoms with E-state index < -0.39 is 29.5 Å². The molecule has 1 saturated heterocycles. The third-order valence-electron chi connectivity index (χ3n) is 3.65. The molecule has 120 valence electrons. The minimum Gasteiger partial charge on any atom is -0.274 e. The standard InChI is InChI=1S/C15H9N3O6/c19-11-3-4-12(20)17(11)9-2-1-8(15(23)16-24)7-10(9)18-13(21)5-6-14(18)22/h1-2,5-7H,3-4H2. The molecule has 0 aromatic heterocycles. The average Bonchev–Trinajstić information content (AvgIpc) is 3.08. The number of carbonyl (C=O) groups excluding carboxylic acids is 5. The largest absolute Gasteiger partial charge is 0.316 e. The van der Waals surface area contributed by atoms with Crippen molar-refractivity contribution in [1.82, 2.24) is 0 Å². The summed E-state index contributed by atoms with van der Waals surface area (Å²) in [7, 11) is 0. The van der Waals surface area contributed by atoms with Gasteiger partial charge in [-0.25, -0.2) is 9.80 Å². The molecular formula is C15H9N3O6. The SMILES string of the molecule is O=NC(=O)c1ccc(N2C(=O)CCC2=O)c(N2C(=O)C=CC2=O)c1. The summed E-state index contributed by atoms with van der Waals surface area (Å²) in [5.41, 5.74) is -0.307. The van der Waals surface area contributed by atoms with Crippen LogP contribution >= 0.6 is 0 Å². The Morgan fingerprint density at radius 2 is 1.46 bits per heavy atom. The number of imide groups is 2. The number of amides is 5. The maximum absolute atomic E-state index is 12.0. The number of anilines is 2. The Kier molecular flexibility index (Phi) is 3.60. The van der Waals surface area contributed by atoms with Crippen molar-refractivity contribution in [2.24, 2.45) is 5.18 Å². The average molecular weight is 327 g/mol. The summed E-state index contributed by atoms with van der Waals surface area (Å²) in [5.74, 6) is -3.45. The van der Waals surface area contributed by atoms with Gasteiger partial charge in [-0.2, -0.15) is 0 Å². The second-order valence-corrected chi connectivity index (χ2v) is 5.07. The molecule has 24 heavy (non-hydrogen) atoms. The molecular weight excluding hydrogens is 318 g/mol. The molecule has 0 saturated carbocycles. The molecule has 0 aliphatic carbocycles. The number of carbonyl (C=O) groups is 5. The maximum atomic E-state index is 12.0. The highest BCUT2D eigenvalue weighted by Crippen LogP contribution is 2.35. The van der Waals surface area contributed by atoms with Gasteiger partial charge in [-0.1, -0.05) is 0 Å². The topological polar surface area (TPSA) is 121 Å². The first-order valence-corrected chi connectivity index (χ1v) is 6.87. The third kappa shape index (κ3) is 2.32. The number of benzene rings is 1. The summed E-state index contributed by atoms with van der Waals surface area (Å²) in [5, 5.41) is 2.28. The van der Waals surface area contributed by atoms with E-state index in [1.54, 1.807) is 0 Å². The van der Waals surface area contributed by atoms with E-state index >= 15 is 0 Å². The van der Waals surface area contributed by atoms with Gasteiger partial charge in [0.2, 0.25) is 11.8 Å². The molecule has 2 heterocycles. The summed E-state index contributed by atoms with van der Waals surface area (Å²) in [4.78, 5) is 71.2. The van der Waals surface area contributed by atoms with Gasteiger partial charge < -0.3 is 0 Å². The maximum Gasteiger partial charge on any atom is 0.316 e. The molecule has 5 amide bonds. The van der Waals surface area contributed by atoms with E-state index in [-0.39, 0.29) is 29.8 Å². The van der Waals surface area contributed by atoms with Crippen molar-refractivity contribution < 1.29 is 24.0 Å². The first-order valence-electron chi connectivity index (χ1n) is 6.87. The Balaban J connectivity index is 2.18. The van der Waals surface area contributed by atoms with Crippen LogP contribution in [0.1, 0.15) is 23.2 Å². The van der Waals surface area contributed by atoms with Crippen LogP contribution in [0.4, 0.5) is 11.4 Å². The second-order valence-electron chi connectivity index (χ2n) is 5.07. The fourth-order valence-corrected chi connectivity index (χ4v) is 2.56. The lowest BCUT2D eigenvalue weighted by Gasteiger charge is -2.23. The normalized spacial score (nSPS) is 17.2. The Hall–Kier alpha value is -3.49. The first-order chi connectivity index (χ1) is 11.4. The molecule has 2 aliphatic heterocycles. The highest BCUT2D eigenvalue weighted by atomic mass is 16.3.